The van der Waals surface area contributed by atoms with Gasteiger partial charge in [-0.2, -0.15) is 5.10 Å². The van der Waals surface area contributed by atoms with Crippen LogP contribution in [-0.4, -0.2) is 34.4 Å². The van der Waals surface area contributed by atoms with E-state index in [0.717, 1.165) is 39.3 Å². The third-order valence-corrected chi connectivity index (χ3v) is 6.40. The number of carbonyl (C=O) groups excluding carboxylic acids is 1. The molecule has 0 saturated carbocycles. The number of oxazole rings is 1. The fourth-order valence-electron chi connectivity index (χ4n) is 4.44. The number of amides is 1. The average molecular weight is 499 g/mol. The Bertz CT molecular complexity index is 1430. The number of rotatable bonds is 8. The predicted molar refractivity (Wildman–Crippen MR) is 142 cm³/mol. The highest BCUT2D eigenvalue weighted by Gasteiger charge is 2.26. The van der Waals surface area contributed by atoms with Gasteiger partial charge in [-0.1, -0.05) is 24.3 Å². The lowest BCUT2D eigenvalue weighted by atomic mass is 10.0. The normalized spacial score (nSPS) is 14.2. The number of fused-ring (bicyclic) bond motifs is 1. The molecule has 0 spiro atoms. The molecule has 1 aliphatic rings. The molecule has 8 nitrogen and oxygen atoms in total. The van der Waals surface area contributed by atoms with Crippen LogP contribution in [0.3, 0.4) is 0 Å². The zero-order valence-corrected chi connectivity index (χ0v) is 21.5. The van der Waals surface area contributed by atoms with E-state index in [1.54, 1.807) is 18.0 Å². The molecule has 190 valence electrons. The molecule has 0 saturated heterocycles. The summed E-state index contributed by atoms with van der Waals surface area (Å²) < 4.78 is 18.5. The van der Waals surface area contributed by atoms with Crippen molar-refractivity contribution in [3.05, 3.63) is 83.8 Å². The maximum atomic E-state index is 13.7. The summed E-state index contributed by atoms with van der Waals surface area (Å²) in [5.41, 5.74) is 5.40. The molecule has 3 heterocycles. The molecule has 5 rings (SSSR count). The molecular weight excluding hydrogens is 468 g/mol. The van der Waals surface area contributed by atoms with Crippen LogP contribution in [0.4, 0.5) is 5.69 Å². The second kappa shape index (κ2) is 10.4. The van der Waals surface area contributed by atoms with Crippen molar-refractivity contribution in [1.29, 1.82) is 0 Å². The highest BCUT2D eigenvalue weighted by atomic mass is 16.5. The van der Waals surface area contributed by atoms with E-state index in [1.807, 2.05) is 86.6 Å². The van der Waals surface area contributed by atoms with Gasteiger partial charge in [-0.25, -0.2) is 9.67 Å². The largest absolute Gasteiger partial charge is 0.497 e. The van der Waals surface area contributed by atoms with Crippen LogP contribution in [0.1, 0.15) is 49.3 Å². The van der Waals surface area contributed by atoms with Gasteiger partial charge >= 0.3 is 0 Å². The fraction of sp³-hybridized carbons (Fsp3) is 0.276. The number of hydrogen-bond acceptors (Lipinski definition) is 6. The van der Waals surface area contributed by atoms with Crippen molar-refractivity contribution >= 4 is 23.2 Å². The summed E-state index contributed by atoms with van der Waals surface area (Å²) in [6, 6.07) is 13.9. The van der Waals surface area contributed by atoms with Crippen molar-refractivity contribution in [1.82, 2.24) is 14.8 Å². The van der Waals surface area contributed by atoms with Gasteiger partial charge in [-0.05, 0) is 61.7 Å². The van der Waals surface area contributed by atoms with Gasteiger partial charge < -0.3 is 18.8 Å². The van der Waals surface area contributed by atoms with E-state index in [9.17, 15) is 4.79 Å². The van der Waals surface area contributed by atoms with Gasteiger partial charge in [-0.15, -0.1) is 0 Å². The van der Waals surface area contributed by atoms with Gasteiger partial charge in [-0.3, -0.25) is 4.79 Å². The summed E-state index contributed by atoms with van der Waals surface area (Å²) in [5.74, 6) is 1.92. The van der Waals surface area contributed by atoms with Crippen LogP contribution in [0.25, 0.3) is 22.8 Å². The Morgan fingerprint density at radius 3 is 2.62 bits per heavy atom. The Morgan fingerprint density at radius 2 is 1.92 bits per heavy atom. The molecule has 2 aromatic carbocycles. The molecule has 2 aromatic heterocycles. The van der Waals surface area contributed by atoms with Crippen molar-refractivity contribution < 1.29 is 18.7 Å². The van der Waals surface area contributed by atoms with Crippen molar-refractivity contribution in [3.63, 3.8) is 0 Å². The molecule has 0 fully saturated rings. The van der Waals surface area contributed by atoms with Crippen molar-refractivity contribution in [2.45, 2.75) is 40.0 Å². The Hall–Kier alpha value is -4.17. The third-order valence-electron chi connectivity index (χ3n) is 6.40. The number of hydrogen-bond donors (Lipinski definition) is 0. The first-order valence-corrected chi connectivity index (χ1v) is 12.3. The number of benzene rings is 2. The van der Waals surface area contributed by atoms with Crippen LogP contribution in [0, 0.1) is 6.92 Å². The minimum absolute atomic E-state index is 0.0329. The summed E-state index contributed by atoms with van der Waals surface area (Å²) in [7, 11) is 1.64. The van der Waals surface area contributed by atoms with Gasteiger partial charge in [0.25, 0.3) is 0 Å². The molecule has 1 unspecified atom stereocenters. The Kier molecular flexibility index (Phi) is 6.92. The maximum absolute atomic E-state index is 13.7. The summed E-state index contributed by atoms with van der Waals surface area (Å²) in [5, 5.41) is 4.48. The van der Waals surface area contributed by atoms with Crippen LogP contribution in [0.15, 0.2) is 65.5 Å². The van der Waals surface area contributed by atoms with Crippen LogP contribution < -0.4 is 9.64 Å². The number of carbonyl (C=O) groups is 1. The van der Waals surface area contributed by atoms with Gasteiger partial charge in [0.05, 0.1) is 38.2 Å². The second-order valence-electron chi connectivity index (χ2n) is 8.99. The molecule has 0 aliphatic carbocycles. The highest BCUT2D eigenvalue weighted by molar-refractivity contribution is 6.06. The van der Waals surface area contributed by atoms with E-state index in [2.05, 4.69) is 10.1 Å². The van der Waals surface area contributed by atoms with E-state index >= 15 is 0 Å². The number of anilines is 1. The molecule has 37 heavy (non-hydrogen) atoms. The quantitative estimate of drug-likeness (QED) is 0.301. The van der Waals surface area contributed by atoms with Gasteiger partial charge in [0.2, 0.25) is 11.8 Å². The zero-order chi connectivity index (χ0) is 25.9. The third kappa shape index (κ3) is 5.20. The lowest BCUT2D eigenvalue weighted by molar-refractivity contribution is -0.117. The molecule has 1 aliphatic heterocycles. The van der Waals surface area contributed by atoms with Gasteiger partial charge in [0.1, 0.15) is 17.7 Å². The van der Waals surface area contributed by atoms with Crippen LogP contribution in [0.5, 0.6) is 5.75 Å². The Balaban J connectivity index is 1.55. The molecule has 0 N–H and O–H groups in total. The van der Waals surface area contributed by atoms with Gasteiger partial charge in [0.15, 0.2) is 0 Å². The van der Waals surface area contributed by atoms with E-state index in [-0.39, 0.29) is 18.6 Å². The standard InChI is InChI=1S/C29H30N4O4/c1-5-36-20(3)33-18-25(16-31-33)22-8-9-23-12-24(29-30-15-19(2)37-29)14-28(34)32(27(23)13-22)17-21-6-10-26(35-4)11-7-21/h6-13,15-16,18,20H,5,14,17H2,1-4H3. The summed E-state index contributed by atoms with van der Waals surface area (Å²) in [4.78, 5) is 19.9. The molecule has 0 bridgehead atoms. The number of aryl methyl sites for hydroxylation is 1. The number of aromatic nitrogens is 3. The number of ether oxygens (including phenoxy) is 2. The lowest BCUT2D eigenvalue weighted by Crippen LogP contribution is -2.30. The topological polar surface area (TPSA) is 82.6 Å². The summed E-state index contributed by atoms with van der Waals surface area (Å²) in [6.45, 7) is 6.80. The molecule has 0 radical (unpaired) electrons. The van der Waals surface area contributed by atoms with Crippen LogP contribution in [0.2, 0.25) is 0 Å². The minimum atomic E-state index is -0.164. The molecule has 8 heteroatoms. The molecule has 4 aromatic rings. The van der Waals surface area contributed by atoms with Gasteiger partial charge in [0, 0.05) is 23.9 Å². The first-order chi connectivity index (χ1) is 17.9. The lowest BCUT2D eigenvalue weighted by Gasteiger charge is -2.24. The second-order valence-corrected chi connectivity index (χ2v) is 8.99. The Labute approximate surface area is 216 Å². The van der Waals surface area contributed by atoms with Crippen LogP contribution in [-0.2, 0) is 16.1 Å². The predicted octanol–water partition coefficient (Wildman–Crippen LogP) is 5.89. The smallest absolute Gasteiger partial charge is 0.231 e. The average Bonchev–Trinajstić information content (AvgIpc) is 3.55. The van der Waals surface area contributed by atoms with Crippen LogP contribution >= 0.6 is 0 Å². The Morgan fingerprint density at radius 1 is 1.11 bits per heavy atom. The molecule has 1 atom stereocenters. The zero-order valence-electron chi connectivity index (χ0n) is 21.5. The SMILES string of the molecule is CCOC(C)n1cc(-c2ccc3c(c2)N(Cc2ccc(OC)cc2)C(=O)CC(c2ncc(C)o2)=C3)cn1. The number of methoxy groups -OCH3 is 1. The van der Waals surface area contributed by atoms with Crippen molar-refractivity contribution in [2.24, 2.45) is 0 Å². The first kappa shape index (κ1) is 24.5. The van der Waals surface area contributed by atoms with E-state index in [0.29, 0.717) is 24.8 Å². The maximum Gasteiger partial charge on any atom is 0.231 e. The van der Waals surface area contributed by atoms with E-state index < -0.39 is 0 Å². The van der Waals surface area contributed by atoms with Crippen molar-refractivity contribution in [3.8, 4) is 16.9 Å². The van der Waals surface area contributed by atoms with E-state index in [1.165, 1.54) is 0 Å². The van der Waals surface area contributed by atoms with Crippen molar-refractivity contribution in [2.75, 3.05) is 18.6 Å². The highest BCUT2D eigenvalue weighted by Crippen LogP contribution is 2.36. The number of nitrogens with zero attached hydrogens (tertiary/aromatic N) is 4. The minimum Gasteiger partial charge on any atom is -0.497 e. The fourth-order valence-corrected chi connectivity index (χ4v) is 4.44. The summed E-state index contributed by atoms with van der Waals surface area (Å²) in [6.07, 6.45) is 7.47. The molecule has 1 amide bonds. The summed E-state index contributed by atoms with van der Waals surface area (Å²) >= 11 is 0. The molecular formula is C29H30N4O4. The monoisotopic (exact) mass is 498 g/mol. The van der Waals surface area contributed by atoms with E-state index in [4.69, 9.17) is 13.9 Å². The first-order valence-electron chi connectivity index (χ1n) is 12.3.